The average Bonchev–Trinajstić information content (AvgIpc) is 2.45. The quantitative estimate of drug-likeness (QED) is 0.801. The molecule has 0 radical (unpaired) electrons. The van der Waals surface area contributed by atoms with Crippen molar-refractivity contribution in [3.05, 3.63) is 63.4 Å². The topological polar surface area (TPSA) is 67.9 Å². The lowest BCUT2D eigenvalue weighted by atomic mass is 10.2. The molecule has 100 valence electrons. The first-order valence-corrected chi connectivity index (χ1v) is 6.73. The van der Waals surface area contributed by atoms with Crippen molar-refractivity contribution in [2.24, 2.45) is 0 Å². The van der Waals surface area contributed by atoms with Gasteiger partial charge in [-0.2, -0.15) is 0 Å². The Hall–Kier alpha value is -2.21. The van der Waals surface area contributed by atoms with E-state index in [0.29, 0.717) is 22.5 Å². The van der Waals surface area contributed by atoms with Crippen molar-refractivity contribution < 1.29 is 4.74 Å². The highest BCUT2D eigenvalue weighted by Crippen LogP contribution is 2.16. The molecule has 0 spiro atoms. The summed E-state index contributed by atoms with van der Waals surface area (Å²) in [7, 11) is 0. The number of ether oxygens (including phenoxy) is 1. The largest absolute Gasteiger partial charge is 0.484 e. The van der Waals surface area contributed by atoms with Crippen LogP contribution < -0.4 is 10.3 Å². The predicted octanol–water partition coefficient (Wildman–Crippen LogP) is 2.66. The molecule has 20 heavy (non-hydrogen) atoms. The third-order valence-corrected chi connectivity index (χ3v) is 3.15. The molecular weight excluding hydrogens is 322 g/mol. The summed E-state index contributed by atoms with van der Waals surface area (Å²) >= 11 is 3.32. The van der Waals surface area contributed by atoms with Gasteiger partial charge in [0.2, 0.25) is 0 Å². The van der Waals surface area contributed by atoms with E-state index in [9.17, 15) is 4.79 Å². The molecule has 0 unspecified atom stereocenters. The van der Waals surface area contributed by atoms with E-state index in [1.807, 2.05) is 12.1 Å². The Morgan fingerprint density at radius 2 is 2.10 bits per heavy atom. The van der Waals surface area contributed by atoms with Crippen molar-refractivity contribution >= 4 is 26.8 Å². The molecule has 5 nitrogen and oxygen atoms in total. The van der Waals surface area contributed by atoms with Crippen LogP contribution in [0.5, 0.6) is 5.75 Å². The maximum Gasteiger partial charge on any atom is 0.258 e. The minimum Gasteiger partial charge on any atom is -0.484 e. The van der Waals surface area contributed by atoms with Crippen molar-refractivity contribution in [2.45, 2.75) is 6.61 Å². The number of aromatic amines is 1. The van der Waals surface area contributed by atoms with E-state index >= 15 is 0 Å². The Balaban J connectivity index is 1.86. The number of nitrogens with one attached hydrogen (secondary N) is 1. The summed E-state index contributed by atoms with van der Waals surface area (Å²) in [5.41, 5.74) is 0.490. The molecule has 0 fully saturated rings. The van der Waals surface area contributed by atoms with Gasteiger partial charge in [-0.1, -0.05) is 12.1 Å². The van der Waals surface area contributed by atoms with E-state index in [0.717, 1.165) is 4.47 Å². The molecule has 2 heterocycles. The van der Waals surface area contributed by atoms with Crippen LogP contribution in [0.4, 0.5) is 0 Å². The Kier molecular flexibility index (Phi) is 3.47. The molecule has 0 aliphatic carbocycles. The van der Waals surface area contributed by atoms with Gasteiger partial charge in [-0.25, -0.2) is 4.98 Å². The van der Waals surface area contributed by atoms with Crippen LogP contribution in [-0.2, 0) is 6.61 Å². The molecule has 1 aromatic carbocycles. The van der Waals surface area contributed by atoms with E-state index < -0.39 is 0 Å². The van der Waals surface area contributed by atoms with Crippen molar-refractivity contribution in [3.63, 3.8) is 0 Å². The van der Waals surface area contributed by atoms with Gasteiger partial charge >= 0.3 is 0 Å². The molecule has 0 aliphatic rings. The fraction of sp³-hybridized carbons (Fsp3) is 0.0714. The van der Waals surface area contributed by atoms with Gasteiger partial charge in [-0.05, 0) is 34.1 Å². The Bertz CT molecular complexity index is 817. The molecular formula is C14H10BrN3O2. The number of rotatable bonds is 3. The van der Waals surface area contributed by atoms with Crippen LogP contribution in [0.25, 0.3) is 10.9 Å². The molecule has 3 aromatic rings. The molecule has 1 N–H and O–H groups in total. The Labute approximate surface area is 122 Å². The van der Waals surface area contributed by atoms with Crippen LogP contribution in [0.3, 0.4) is 0 Å². The summed E-state index contributed by atoms with van der Waals surface area (Å²) in [4.78, 5) is 23.0. The number of aromatic nitrogens is 3. The van der Waals surface area contributed by atoms with Crippen LogP contribution in [-0.4, -0.2) is 15.0 Å². The van der Waals surface area contributed by atoms with Crippen LogP contribution >= 0.6 is 15.9 Å². The average molecular weight is 332 g/mol. The predicted molar refractivity (Wildman–Crippen MR) is 78.6 cm³/mol. The number of fused-ring (bicyclic) bond motifs is 1. The van der Waals surface area contributed by atoms with Gasteiger partial charge < -0.3 is 9.72 Å². The third kappa shape index (κ3) is 2.70. The maximum absolute atomic E-state index is 11.9. The number of H-pyrrole nitrogens is 1. The smallest absolute Gasteiger partial charge is 0.258 e. The zero-order valence-corrected chi connectivity index (χ0v) is 11.9. The zero-order chi connectivity index (χ0) is 13.9. The molecule has 6 heteroatoms. The number of nitrogens with zero attached hydrogens (tertiary/aromatic N) is 2. The van der Waals surface area contributed by atoms with Gasteiger partial charge in [0.05, 0.1) is 17.1 Å². The fourth-order valence-corrected chi connectivity index (χ4v) is 2.17. The lowest BCUT2D eigenvalue weighted by molar-refractivity contribution is 0.294. The molecule has 2 aromatic heterocycles. The standard InChI is InChI=1S/C14H10BrN3O2/c15-9-5-10(7-16-6-9)20-8-13-17-12-4-2-1-3-11(12)14(19)18-13/h1-7H,8H2,(H,17,18,19). The van der Waals surface area contributed by atoms with Gasteiger partial charge in [-0.3, -0.25) is 9.78 Å². The third-order valence-electron chi connectivity index (χ3n) is 2.72. The number of para-hydroxylation sites is 1. The van der Waals surface area contributed by atoms with Crippen molar-refractivity contribution in [1.29, 1.82) is 0 Å². The summed E-state index contributed by atoms with van der Waals surface area (Å²) in [6, 6.07) is 8.99. The molecule has 0 saturated carbocycles. The van der Waals surface area contributed by atoms with Crippen LogP contribution in [0.1, 0.15) is 5.82 Å². The van der Waals surface area contributed by atoms with E-state index in [2.05, 4.69) is 30.9 Å². The van der Waals surface area contributed by atoms with E-state index in [4.69, 9.17) is 4.74 Å². The van der Waals surface area contributed by atoms with E-state index in [-0.39, 0.29) is 12.2 Å². The first kappa shape index (κ1) is 12.8. The second-order valence-electron chi connectivity index (χ2n) is 4.16. The van der Waals surface area contributed by atoms with Crippen molar-refractivity contribution in [3.8, 4) is 5.75 Å². The molecule has 0 amide bonds. The summed E-state index contributed by atoms with van der Waals surface area (Å²) in [6.45, 7) is 0.179. The minimum atomic E-state index is -0.165. The molecule has 0 aliphatic heterocycles. The zero-order valence-electron chi connectivity index (χ0n) is 10.3. The molecule has 0 saturated heterocycles. The lowest BCUT2D eigenvalue weighted by Gasteiger charge is -2.06. The first-order valence-electron chi connectivity index (χ1n) is 5.94. The number of halogens is 1. The summed E-state index contributed by atoms with van der Waals surface area (Å²) in [6.07, 6.45) is 3.27. The van der Waals surface area contributed by atoms with Crippen molar-refractivity contribution in [1.82, 2.24) is 15.0 Å². The highest BCUT2D eigenvalue weighted by molar-refractivity contribution is 9.10. The number of hydrogen-bond donors (Lipinski definition) is 1. The van der Waals surface area contributed by atoms with Gasteiger partial charge in [0.15, 0.2) is 0 Å². The number of benzene rings is 1. The van der Waals surface area contributed by atoms with Crippen LogP contribution in [0.15, 0.2) is 52.0 Å². The second kappa shape index (κ2) is 5.42. The molecule has 3 rings (SSSR count). The maximum atomic E-state index is 11.9. The summed E-state index contributed by atoms with van der Waals surface area (Å²) < 4.78 is 6.38. The monoisotopic (exact) mass is 331 g/mol. The SMILES string of the molecule is O=c1[nH]c(COc2cncc(Br)c2)nc2ccccc12. The summed E-state index contributed by atoms with van der Waals surface area (Å²) in [5, 5.41) is 0.570. The highest BCUT2D eigenvalue weighted by atomic mass is 79.9. The van der Waals surface area contributed by atoms with Gasteiger partial charge in [0.1, 0.15) is 18.2 Å². The lowest BCUT2D eigenvalue weighted by Crippen LogP contribution is -2.13. The minimum absolute atomic E-state index is 0.165. The van der Waals surface area contributed by atoms with Crippen LogP contribution in [0.2, 0.25) is 0 Å². The fourth-order valence-electron chi connectivity index (χ4n) is 1.83. The normalized spacial score (nSPS) is 10.7. The van der Waals surface area contributed by atoms with Crippen LogP contribution in [0, 0.1) is 0 Å². The molecule has 0 atom stereocenters. The van der Waals surface area contributed by atoms with Gasteiger partial charge in [0, 0.05) is 10.7 Å². The van der Waals surface area contributed by atoms with Gasteiger partial charge in [-0.15, -0.1) is 0 Å². The van der Waals surface area contributed by atoms with E-state index in [1.54, 1.807) is 30.6 Å². The van der Waals surface area contributed by atoms with Crippen molar-refractivity contribution in [2.75, 3.05) is 0 Å². The number of hydrogen-bond acceptors (Lipinski definition) is 4. The van der Waals surface area contributed by atoms with Gasteiger partial charge in [0.25, 0.3) is 5.56 Å². The Morgan fingerprint density at radius 1 is 1.25 bits per heavy atom. The summed E-state index contributed by atoms with van der Waals surface area (Å²) in [5.74, 6) is 1.09. The molecule has 0 bridgehead atoms. The Morgan fingerprint density at radius 3 is 2.95 bits per heavy atom. The first-order chi connectivity index (χ1) is 9.72. The number of pyridine rings is 1. The van der Waals surface area contributed by atoms with E-state index in [1.165, 1.54) is 0 Å². The highest BCUT2D eigenvalue weighted by Gasteiger charge is 2.04. The second-order valence-corrected chi connectivity index (χ2v) is 5.07.